The average Bonchev–Trinajstić information content (AvgIpc) is 2.33. The van der Waals surface area contributed by atoms with Crippen molar-refractivity contribution >= 4 is 32.3 Å². The van der Waals surface area contributed by atoms with Gasteiger partial charge < -0.3 is 10.7 Å². The highest BCUT2D eigenvalue weighted by Gasteiger charge is 2.18. The second-order valence-corrected chi connectivity index (χ2v) is 5.75. The van der Waals surface area contributed by atoms with Crippen molar-refractivity contribution in [2.75, 3.05) is 5.73 Å². The van der Waals surface area contributed by atoms with Crippen molar-refractivity contribution in [2.24, 2.45) is 5.14 Å². The first-order chi connectivity index (χ1) is 9.60. The minimum atomic E-state index is -4.12. The third kappa shape index (κ3) is 2.75. The van der Waals surface area contributed by atoms with Gasteiger partial charge in [-0.15, -0.1) is 0 Å². The normalized spacial score (nSPS) is 11.7. The van der Waals surface area contributed by atoms with E-state index in [1.807, 2.05) is 0 Å². The van der Waals surface area contributed by atoms with E-state index in [9.17, 15) is 28.1 Å². The number of fused-ring (bicyclic) bond motifs is 1. The quantitative estimate of drug-likeness (QED) is 0.346. The number of anilines is 1. The maximum absolute atomic E-state index is 12.1. The van der Waals surface area contributed by atoms with Crippen LogP contribution in [0.3, 0.4) is 0 Å². The first-order valence-corrected chi connectivity index (χ1v) is 7.03. The summed E-state index contributed by atoms with van der Waals surface area (Å²) in [6.07, 6.45) is 0. The van der Waals surface area contributed by atoms with Crippen LogP contribution in [0.1, 0.15) is 0 Å². The number of nitrogens with zero attached hydrogens (tertiary/aromatic N) is 2. The molecule has 1 aromatic heterocycles. The summed E-state index contributed by atoms with van der Waals surface area (Å²) in [4.78, 5) is 35.9. The summed E-state index contributed by atoms with van der Waals surface area (Å²) >= 11 is 0. The molecule has 0 amide bonds. The first-order valence-electron chi connectivity index (χ1n) is 5.31. The van der Waals surface area contributed by atoms with E-state index in [4.69, 9.17) is 10.9 Å². The molecule has 0 aliphatic carbocycles. The van der Waals surface area contributed by atoms with Crippen molar-refractivity contribution in [1.29, 1.82) is 0 Å². The van der Waals surface area contributed by atoms with E-state index in [-0.39, 0.29) is 16.6 Å². The molecule has 112 valence electrons. The molecule has 0 spiro atoms. The number of nitrogen functional groups attached to an aromatic ring is 1. The molecular formula is C9H9N5O6S. The fourth-order valence-corrected chi connectivity index (χ4v) is 2.36. The lowest BCUT2D eigenvalue weighted by Crippen LogP contribution is -2.38. The Labute approximate surface area is 116 Å². The number of primary sulfonamides is 1. The molecular weight excluding hydrogens is 306 g/mol. The van der Waals surface area contributed by atoms with Crippen LogP contribution >= 0.6 is 0 Å². The molecule has 0 saturated carbocycles. The number of sulfonamides is 1. The standard InChI is InChI=1S/C9H9N5O6S/c10-5-1-4-6(2-7(5)14(17)18)12-9(16)13(8(4)15)3-21(11,19)20/h1-2H,3,10H2,(H,12,16)(H2,11,19,20). The highest BCUT2D eigenvalue weighted by molar-refractivity contribution is 7.88. The maximum Gasteiger partial charge on any atom is 0.329 e. The summed E-state index contributed by atoms with van der Waals surface area (Å²) < 4.78 is 22.4. The molecule has 2 rings (SSSR count). The summed E-state index contributed by atoms with van der Waals surface area (Å²) in [6.45, 7) is 0. The van der Waals surface area contributed by atoms with Gasteiger partial charge in [0, 0.05) is 6.07 Å². The highest BCUT2D eigenvalue weighted by Crippen LogP contribution is 2.24. The van der Waals surface area contributed by atoms with E-state index < -0.39 is 37.8 Å². The number of benzene rings is 1. The Morgan fingerprint density at radius 1 is 1.33 bits per heavy atom. The van der Waals surface area contributed by atoms with Gasteiger partial charge >= 0.3 is 5.69 Å². The number of nitro benzene ring substituents is 1. The number of nitro groups is 1. The molecule has 1 aromatic carbocycles. The fourth-order valence-electron chi connectivity index (χ4n) is 1.76. The molecule has 0 aliphatic rings. The third-order valence-corrected chi connectivity index (χ3v) is 3.25. The van der Waals surface area contributed by atoms with Crippen molar-refractivity contribution in [3.05, 3.63) is 43.1 Å². The lowest BCUT2D eigenvalue weighted by molar-refractivity contribution is -0.383. The highest BCUT2D eigenvalue weighted by atomic mass is 32.2. The predicted molar refractivity (Wildman–Crippen MR) is 73.0 cm³/mol. The summed E-state index contributed by atoms with van der Waals surface area (Å²) in [5, 5.41) is 15.4. The van der Waals surface area contributed by atoms with Gasteiger partial charge in [0.05, 0.1) is 15.8 Å². The largest absolute Gasteiger partial charge is 0.393 e. The van der Waals surface area contributed by atoms with Crippen LogP contribution in [0, 0.1) is 10.1 Å². The topological polar surface area (TPSA) is 184 Å². The van der Waals surface area contributed by atoms with Gasteiger partial charge in [-0.25, -0.2) is 22.9 Å². The van der Waals surface area contributed by atoms with E-state index in [1.165, 1.54) is 0 Å². The molecule has 1 heterocycles. The first kappa shape index (κ1) is 14.7. The zero-order valence-electron chi connectivity index (χ0n) is 10.3. The number of nitrogens with two attached hydrogens (primary N) is 2. The number of H-pyrrole nitrogens is 1. The molecule has 11 nitrogen and oxygen atoms in total. The monoisotopic (exact) mass is 315 g/mol. The summed E-state index contributed by atoms with van der Waals surface area (Å²) in [5.41, 5.74) is 2.52. The van der Waals surface area contributed by atoms with E-state index in [0.717, 1.165) is 12.1 Å². The lowest BCUT2D eigenvalue weighted by atomic mass is 10.2. The molecule has 0 radical (unpaired) electrons. The van der Waals surface area contributed by atoms with E-state index in [1.54, 1.807) is 0 Å². The number of hydrogen-bond donors (Lipinski definition) is 3. The Morgan fingerprint density at radius 3 is 2.48 bits per heavy atom. The molecule has 21 heavy (non-hydrogen) atoms. The van der Waals surface area contributed by atoms with Crippen LogP contribution in [0.25, 0.3) is 10.9 Å². The van der Waals surface area contributed by atoms with Crippen LogP contribution in [0.4, 0.5) is 11.4 Å². The van der Waals surface area contributed by atoms with Crippen molar-refractivity contribution in [3.63, 3.8) is 0 Å². The zero-order valence-corrected chi connectivity index (χ0v) is 11.1. The van der Waals surface area contributed by atoms with Crippen molar-refractivity contribution < 1.29 is 13.3 Å². The Bertz CT molecular complexity index is 973. The Hall–Kier alpha value is -2.73. The SMILES string of the molecule is Nc1cc2c(=O)n(CS(N)(=O)=O)c(=O)[nH]c2cc1[N+](=O)[O-]. The smallest absolute Gasteiger partial charge is 0.329 e. The fraction of sp³-hybridized carbons (Fsp3) is 0.111. The molecule has 0 unspecified atom stereocenters. The molecule has 0 saturated heterocycles. The minimum absolute atomic E-state index is 0.128. The van der Waals surface area contributed by atoms with Crippen molar-refractivity contribution in [2.45, 2.75) is 5.88 Å². The Kier molecular flexibility index (Phi) is 3.27. The van der Waals surface area contributed by atoms with Crippen LogP contribution in [-0.4, -0.2) is 22.9 Å². The van der Waals surface area contributed by atoms with Crippen LogP contribution in [0.2, 0.25) is 0 Å². The number of aromatic amines is 1. The van der Waals surface area contributed by atoms with Gasteiger partial charge in [0.25, 0.3) is 11.2 Å². The van der Waals surface area contributed by atoms with Gasteiger partial charge in [-0.3, -0.25) is 14.9 Å². The molecule has 2 aromatic rings. The van der Waals surface area contributed by atoms with E-state index >= 15 is 0 Å². The molecule has 0 fully saturated rings. The molecule has 0 atom stereocenters. The molecule has 12 heteroatoms. The van der Waals surface area contributed by atoms with Gasteiger partial charge in [-0.1, -0.05) is 0 Å². The number of aromatic nitrogens is 2. The molecule has 0 aliphatic heterocycles. The summed E-state index contributed by atoms with van der Waals surface area (Å²) in [5.74, 6) is -1.02. The predicted octanol–water partition coefficient (Wildman–Crippen LogP) is -1.57. The number of hydrogen-bond acceptors (Lipinski definition) is 7. The van der Waals surface area contributed by atoms with E-state index in [0.29, 0.717) is 4.57 Å². The van der Waals surface area contributed by atoms with Crippen molar-refractivity contribution in [3.8, 4) is 0 Å². The second kappa shape index (κ2) is 4.68. The molecule has 0 bridgehead atoms. The Morgan fingerprint density at radius 2 is 1.95 bits per heavy atom. The van der Waals surface area contributed by atoms with Crippen LogP contribution in [0.5, 0.6) is 0 Å². The lowest BCUT2D eigenvalue weighted by Gasteiger charge is -2.06. The van der Waals surface area contributed by atoms with Gasteiger partial charge in [-0.2, -0.15) is 0 Å². The van der Waals surface area contributed by atoms with Gasteiger partial charge in [0.15, 0.2) is 0 Å². The molecule has 5 N–H and O–H groups in total. The van der Waals surface area contributed by atoms with Crippen LogP contribution in [-0.2, 0) is 15.9 Å². The van der Waals surface area contributed by atoms with Crippen LogP contribution in [0.15, 0.2) is 21.7 Å². The number of nitrogens with one attached hydrogen (secondary N) is 1. The second-order valence-electron chi connectivity index (χ2n) is 4.17. The zero-order chi connectivity index (χ0) is 15.9. The minimum Gasteiger partial charge on any atom is -0.393 e. The van der Waals surface area contributed by atoms with E-state index in [2.05, 4.69) is 4.98 Å². The van der Waals surface area contributed by atoms with Gasteiger partial charge in [0.2, 0.25) is 10.0 Å². The van der Waals surface area contributed by atoms with Crippen LogP contribution < -0.4 is 22.1 Å². The van der Waals surface area contributed by atoms with Gasteiger partial charge in [0.1, 0.15) is 11.6 Å². The maximum atomic E-state index is 12.1. The van der Waals surface area contributed by atoms with Crippen molar-refractivity contribution in [1.82, 2.24) is 9.55 Å². The average molecular weight is 315 g/mol. The summed E-state index contributed by atoms with van der Waals surface area (Å²) in [6, 6.07) is 1.92. The summed E-state index contributed by atoms with van der Waals surface area (Å²) in [7, 11) is -4.12. The number of rotatable bonds is 3. The Balaban J connectivity index is 2.85. The van der Waals surface area contributed by atoms with Gasteiger partial charge in [-0.05, 0) is 6.07 Å². The third-order valence-electron chi connectivity index (χ3n) is 2.63.